The van der Waals surface area contributed by atoms with Crippen molar-refractivity contribution in [1.29, 1.82) is 0 Å². The van der Waals surface area contributed by atoms with Gasteiger partial charge in [0.15, 0.2) is 0 Å². The summed E-state index contributed by atoms with van der Waals surface area (Å²) < 4.78 is 0. The lowest BCUT2D eigenvalue weighted by atomic mass is 9.94. The van der Waals surface area contributed by atoms with E-state index in [-0.39, 0.29) is 29.0 Å². The Morgan fingerprint density at radius 1 is 1.32 bits per heavy atom. The maximum Gasteiger partial charge on any atom is 0.326 e. The number of nitrogens with zero attached hydrogens (tertiary/aromatic N) is 2. The number of nitro benzene ring substituents is 1. The SMILES string of the molecule is O=C(O)C1C2CCCC2CN1C(=O)c1c[nH]c2ccc([N+](=O)[O-])cc12. The maximum absolute atomic E-state index is 13.0. The van der Waals surface area contributed by atoms with Crippen LogP contribution in [0.5, 0.6) is 0 Å². The number of fused-ring (bicyclic) bond motifs is 2. The molecule has 130 valence electrons. The number of hydrogen-bond acceptors (Lipinski definition) is 4. The fourth-order valence-electron chi connectivity index (χ4n) is 4.38. The molecule has 3 unspecified atom stereocenters. The lowest BCUT2D eigenvalue weighted by Gasteiger charge is -2.24. The van der Waals surface area contributed by atoms with Gasteiger partial charge >= 0.3 is 5.97 Å². The number of carbonyl (C=O) groups is 2. The highest BCUT2D eigenvalue weighted by molar-refractivity contribution is 6.08. The minimum absolute atomic E-state index is 0.000919. The molecule has 1 amide bonds. The molecule has 1 saturated carbocycles. The van der Waals surface area contributed by atoms with E-state index < -0.39 is 16.9 Å². The fourth-order valence-corrected chi connectivity index (χ4v) is 4.38. The van der Waals surface area contributed by atoms with Crippen LogP contribution in [0.15, 0.2) is 24.4 Å². The number of nitro groups is 1. The normalized spacial score (nSPS) is 25.3. The molecule has 8 heteroatoms. The zero-order chi connectivity index (χ0) is 17.7. The summed E-state index contributed by atoms with van der Waals surface area (Å²) in [5.41, 5.74) is 0.791. The van der Waals surface area contributed by atoms with Gasteiger partial charge in [-0.1, -0.05) is 6.42 Å². The van der Waals surface area contributed by atoms with E-state index in [1.165, 1.54) is 23.2 Å². The highest BCUT2D eigenvalue weighted by Gasteiger charge is 2.49. The van der Waals surface area contributed by atoms with Crippen molar-refractivity contribution in [2.75, 3.05) is 6.54 Å². The molecule has 1 saturated heterocycles. The monoisotopic (exact) mass is 343 g/mol. The summed E-state index contributed by atoms with van der Waals surface area (Å²) in [6.45, 7) is 0.433. The zero-order valence-electron chi connectivity index (χ0n) is 13.3. The van der Waals surface area contributed by atoms with Crippen LogP contribution in [0.25, 0.3) is 10.9 Å². The van der Waals surface area contributed by atoms with Gasteiger partial charge in [0.1, 0.15) is 6.04 Å². The standard InChI is InChI=1S/C17H17N3O5/c21-16(19-8-9-2-1-3-11(9)15(19)17(22)23)13-7-18-14-5-4-10(20(24)25)6-12(13)14/h4-7,9,11,15,18H,1-3,8H2,(H,22,23). The number of aromatic nitrogens is 1. The molecular weight excluding hydrogens is 326 g/mol. The van der Waals surface area contributed by atoms with Crippen LogP contribution in [0.4, 0.5) is 5.69 Å². The van der Waals surface area contributed by atoms with Crippen molar-refractivity contribution in [1.82, 2.24) is 9.88 Å². The first-order valence-corrected chi connectivity index (χ1v) is 8.26. The second kappa shape index (κ2) is 5.58. The molecule has 1 aromatic carbocycles. The van der Waals surface area contributed by atoms with Gasteiger partial charge in [-0.2, -0.15) is 0 Å². The number of nitrogens with one attached hydrogen (secondary N) is 1. The average Bonchev–Trinajstić information content (AvgIpc) is 3.26. The molecular formula is C17H17N3O5. The number of hydrogen-bond donors (Lipinski definition) is 2. The van der Waals surface area contributed by atoms with Gasteiger partial charge in [-0.25, -0.2) is 4.79 Å². The first kappa shape index (κ1) is 15.6. The third-order valence-corrected chi connectivity index (χ3v) is 5.51. The zero-order valence-corrected chi connectivity index (χ0v) is 13.3. The second-order valence-electron chi connectivity index (χ2n) is 6.78. The Balaban J connectivity index is 1.73. The van der Waals surface area contributed by atoms with E-state index in [1.807, 2.05) is 0 Å². The number of carboxylic acid groups (broad SMARTS) is 1. The van der Waals surface area contributed by atoms with Crippen LogP contribution in [-0.4, -0.2) is 44.4 Å². The smallest absolute Gasteiger partial charge is 0.326 e. The van der Waals surface area contributed by atoms with Gasteiger partial charge < -0.3 is 15.0 Å². The number of likely N-dealkylation sites (tertiary alicyclic amines) is 1. The molecule has 0 bridgehead atoms. The van der Waals surface area contributed by atoms with Crippen molar-refractivity contribution in [3.8, 4) is 0 Å². The van der Waals surface area contributed by atoms with Gasteiger partial charge in [-0.15, -0.1) is 0 Å². The van der Waals surface area contributed by atoms with Crippen LogP contribution < -0.4 is 0 Å². The minimum Gasteiger partial charge on any atom is -0.480 e. The summed E-state index contributed by atoms with van der Waals surface area (Å²) in [5.74, 6) is -1.13. The van der Waals surface area contributed by atoms with Crippen molar-refractivity contribution < 1.29 is 19.6 Å². The number of carbonyl (C=O) groups excluding carboxylic acids is 1. The number of benzene rings is 1. The first-order valence-electron chi connectivity index (χ1n) is 8.26. The lowest BCUT2D eigenvalue weighted by Crippen LogP contribution is -2.43. The van der Waals surface area contributed by atoms with Crippen LogP contribution in [0.2, 0.25) is 0 Å². The number of non-ortho nitro benzene ring substituents is 1. The molecule has 4 rings (SSSR count). The highest BCUT2D eigenvalue weighted by atomic mass is 16.6. The summed E-state index contributed by atoms with van der Waals surface area (Å²) in [4.78, 5) is 39.6. The van der Waals surface area contributed by atoms with E-state index >= 15 is 0 Å². The Hall–Kier alpha value is -2.90. The number of aliphatic carboxylic acids is 1. The number of H-pyrrole nitrogens is 1. The molecule has 2 aromatic rings. The Labute approximate surface area is 142 Å². The fraction of sp³-hybridized carbons (Fsp3) is 0.412. The third kappa shape index (κ3) is 2.36. The van der Waals surface area contributed by atoms with Gasteiger partial charge in [-0.05, 0) is 30.7 Å². The summed E-state index contributed by atoms with van der Waals surface area (Å²) in [6, 6.07) is 3.46. The molecule has 2 aliphatic rings. The van der Waals surface area contributed by atoms with Gasteiger partial charge in [0, 0.05) is 35.8 Å². The molecule has 1 aromatic heterocycles. The lowest BCUT2D eigenvalue weighted by molar-refractivity contribution is -0.384. The summed E-state index contributed by atoms with van der Waals surface area (Å²) in [5, 5.41) is 21.1. The van der Waals surface area contributed by atoms with Crippen LogP contribution in [0.3, 0.4) is 0 Å². The molecule has 1 aliphatic carbocycles. The van der Waals surface area contributed by atoms with Crippen molar-refractivity contribution in [3.63, 3.8) is 0 Å². The van der Waals surface area contributed by atoms with Gasteiger partial charge in [0.2, 0.25) is 0 Å². The molecule has 2 fully saturated rings. The van der Waals surface area contributed by atoms with E-state index in [0.717, 1.165) is 19.3 Å². The molecule has 2 heterocycles. The van der Waals surface area contributed by atoms with Crippen molar-refractivity contribution in [3.05, 3.63) is 40.1 Å². The summed E-state index contributed by atoms with van der Waals surface area (Å²) >= 11 is 0. The largest absolute Gasteiger partial charge is 0.480 e. The first-order chi connectivity index (χ1) is 12.0. The predicted octanol–water partition coefficient (Wildman–Crippen LogP) is 2.40. The van der Waals surface area contributed by atoms with Crippen molar-refractivity contribution in [2.45, 2.75) is 25.3 Å². The summed E-state index contributed by atoms with van der Waals surface area (Å²) in [6.07, 6.45) is 4.27. The highest BCUT2D eigenvalue weighted by Crippen LogP contribution is 2.43. The van der Waals surface area contributed by atoms with Crippen molar-refractivity contribution in [2.24, 2.45) is 11.8 Å². The van der Waals surface area contributed by atoms with E-state index in [9.17, 15) is 24.8 Å². The van der Waals surface area contributed by atoms with Gasteiger partial charge in [0.25, 0.3) is 11.6 Å². The molecule has 25 heavy (non-hydrogen) atoms. The summed E-state index contributed by atoms with van der Waals surface area (Å²) in [7, 11) is 0. The minimum atomic E-state index is -0.978. The van der Waals surface area contributed by atoms with E-state index in [1.54, 1.807) is 6.07 Å². The second-order valence-corrected chi connectivity index (χ2v) is 6.78. The number of aromatic amines is 1. The average molecular weight is 343 g/mol. The molecule has 0 radical (unpaired) electrons. The van der Waals surface area contributed by atoms with Crippen LogP contribution >= 0.6 is 0 Å². The molecule has 3 atom stereocenters. The van der Waals surface area contributed by atoms with Crippen molar-refractivity contribution >= 4 is 28.5 Å². The Kier molecular flexibility index (Phi) is 3.48. The maximum atomic E-state index is 13.0. The third-order valence-electron chi connectivity index (χ3n) is 5.51. The predicted molar refractivity (Wildman–Crippen MR) is 88.2 cm³/mol. The quantitative estimate of drug-likeness (QED) is 0.655. The topological polar surface area (TPSA) is 117 Å². The van der Waals surface area contributed by atoms with E-state index in [4.69, 9.17) is 0 Å². The Bertz CT molecular complexity index is 890. The van der Waals surface area contributed by atoms with Gasteiger partial charge in [-0.3, -0.25) is 14.9 Å². The number of rotatable bonds is 3. The van der Waals surface area contributed by atoms with E-state index in [2.05, 4.69) is 4.98 Å². The van der Waals surface area contributed by atoms with Crippen LogP contribution in [-0.2, 0) is 4.79 Å². The Morgan fingerprint density at radius 3 is 2.84 bits per heavy atom. The number of carboxylic acids is 1. The molecule has 2 N–H and O–H groups in total. The van der Waals surface area contributed by atoms with E-state index in [0.29, 0.717) is 17.4 Å². The molecule has 1 aliphatic heterocycles. The van der Waals surface area contributed by atoms with Crippen LogP contribution in [0.1, 0.15) is 29.6 Å². The molecule has 8 nitrogen and oxygen atoms in total. The van der Waals surface area contributed by atoms with Gasteiger partial charge in [0.05, 0.1) is 10.5 Å². The molecule has 0 spiro atoms. The number of amides is 1. The van der Waals surface area contributed by atoms with Crippen LogP contribution in [0, 0.1) is 22.0 Å². The Morgan fingerprint density at radius 2 is 2.12 bits per heavy atom.